The van der Waals surface area contributed by atoms with E-state index in [4.69, 9.17) is 9.84 Å². The molecule has 2 atom stereocenters. The molecule has 2 N–H and O–H groups in total. The van der Waals surface area contributed by atoms with Gasteiger partial charge in [-0.2, -0.15) is 0 Å². The van der Waals surface area contributed by atoms with Crippen molar-refractivity contribution in [2.24, 2.45) is 5.92 Å². The van der Waals surface area contributed by atoms with Gasteiger partial charge in [-0.3, -0.25) is 0 Å². The predicted molar refractivity (Wildman–Crippen MR) is 64.3 cm³/mol. The van der Waals surface area contributed by atoms with Gasteiger partial charge in [-0.15, -0.1) is 0 Å². The Bertz CT molecular complexity index is 315. The van der Waals surface area contributed by atoms with Crippen LogP contribution in [0.4, 0.5) is 4.79 Å². The van der Waals surface area contributed by atoms with Gasteiger partial charge in [0.2, 0.25) is 0 Å². The third-order valence-electron chi connectivity index (χ3n) is 3.65. The highest BCUT2D eigenvalue weighted by atomic mass is 16.5. The van der Waals surface area contributed by atoms with Crippen LogP contribution in [0.1, 0.15) is 25.7 Å². The number of carbonyl (C=O) groups excluding carboxylic acids is 1. The molecule has 2 rings (SSSR count). The highest BCUT2D eigenvalue weighted by Gasteiger charge is 2.33. The molecule has 2 fully saturated rings. The lowest BCUT2D eigenvalue weighted by atomic mass is 10.1. The highest BCUT2D eigenvalue weighted by molar-refractivity contribution is 5.83. The van der Waals surface area contributed by atoms with Crippen molar-refractivity contribution >= 4 is 12.0 Å². The molecule has 2 amide bonds. The minimum absolute atomic E-state index is 0.251. The normalized spacial score (nSPS) is 27.4. The van der Waals surface area contributed by atoms with E-state index in [1.54, 1.807) is 0 Å². The molecule has 0 aliphatic carbocycles. The van der Waals surface area contributed by atoms with Gasteiger partial charge in [0.25, 0.3) is 0 Å². The van der Waals surface area contributed by atoms with Crippen molar-refractivity contribution in [3.8, 4) is 0 Å². The minimum Gasteiger partial charge on any atom is -0.480 e. The van der Waals surface area contributed by atoms with E-state index in [2.05, 4.69) is 5.32 Å². The molecule has 6 nitrogen and oxygen atoms in total. The summed E-state index contributed by atoms with van der Waals surface area (Å²) in [6.45, 7) is 2.72. The van der Waals surface area contributed by atoms with Gasteiger partial charge in [-0.1, -0.05) is 0 Å². The van der Waals surface area contributed by atoms with Gasteiger partial charge in [0.1, 0.15) is 6.04 Å². The molecule has 0 spiro atoms. The van der Waals surface area contributed by atoms with Gasteiger partial charge in [0, 0.05) is 26.3 Å². The number of carboxylic acid groups (broad SMARTS) is 1. The maximum atomic E-state index is 11.9. The number of ether oxygens (including phenoxy) is 1. The fourth-order valence-electron chi connectivity index (χ4n) is 2.56. The van der Waals surface area contributed by atoms with Crippen molar-refractivity contribution < 1.29 is 19.4 Å². The van der Waals surface area contributed by atoms with E-state index >= 15 is 0 Å². The molecule has 2 heterocycles. The first kappa shape index (κ1) is 13.1. The second kappa shape index (κ2) is 6.04. The number of carboxylic acids is 1. The summed E-state index contributed by atoms with van der Waals surface area (Å²) in [5, 5.41) is 11.8. The predicted octanol–water partition coefficient (Wildman–Crippen LogP) is 0.672. The maximum absolute atomic E-state index is 11.9. The number of amides is 2. The average Bonchev–Trinajstić information content (AvgIpc) is 2.99. The van der Waals surface area contributed by atoms with Crippen LogP contribution in [-0.2, 0) is 9.53 Å². The number of nitrogens with zero attached hydrogens (tertiary/aromatic N) is 1. The van der Waals surface area contributed by atoms with Crippen LogP contribution in [0.3, 0.4) is 0 Å². The summed E-state index contributed by atoms with van der Waals surface area (Å²) in [5.41, 5.74) is 0. The number of nitrogens with one attached hydrogen (secondary N) is 1. The van der Waals surface area contributed by atoms with Gasteiger partial charge in [-0.05, 0) is 31.6 Å². The average molecular weight is 256 g/mol. The third-order valence-corrected chi connectivity index (χ3v) is 3.65. The van der Waals surface area contributed by atoms with Crippen LogP contribution in [0.2, 0.25) is 0 Å². The number of rotatable bonds is 4. The molecule has 0 aromatic heterocycles. The summed E-state index contributed by atoms with van der Waals surface area (Å²) in [5.74, 6) is -0.383. The van der Waals surface area contributed by atoms with Crippen LogP contribution < -0.4 is 5.32 Å². The summed E-state index contributed by atoms with van der Waals surface area (Å²) in [7, 11) is 0. The first-order valence-corrected chi connectivity index (χ1v) is 6.53. The van der Waals surface area contributed by atoms with Crippen LogP contribution in [0.15, 0.2) is 0 Å². The number of urea groups is 1. The lowest BCUT2D eigenvalue weighted by Gasteiger charge is -2.22. The van der Waals surface area contributed by atoms with Gasteiger partial charge < -0.3 is 20.1 Å². The Balaban J connectivity index is 1.71. The summed E-state index contributed by atoms with van der Waals surface area (Å²) in [6, 6.07) is -0.904. The van der Waals surface area contributed by atoms with Gasteiger partial charge in [-0.25, -0.2) is 9.59 Å². The summed E-state index contributed by atoms with van der Waals surface area (Å²) in [4.78, 5) is 24.2. The fraction of sp³-hybridized carbons (Fsp3) is 0.833. The van der Waals surface area contributed by atoms with Gasteiger partial charge in [0.05, 0.1) is 0 Å². The largest absolute Gasteiger partial charge is 0.480 e. The Hall–Kier alpha value is -1.30. The molecule has 2 saturated heterocycles. The Morgan fingerprint density at radius 3 is 2.89 bits per heavy atom. The second-order valence-electron chi connectivity index (χ2n) is 4.94. The summed E-state index contributed by atoms with van der Waals surface area (Å²) in [6.07, 6.45) is 3.27. The molecule has 2 aliphatic rings. The highest BCUT2D eigenvalue weighted by Crippen LogP contribution is 2.18. The van der Waals surface area contributed by atoms with Crippen molar-refractivity contribution in [3.63, 3.8) is 0 Å². The zero-order valence-electron chi connectivity index (χ0n) is 10.4. The molecule has 2 aliphatic heterocycles. The van der Waals surface area contributed by atoms with Crippen LogP contribution in [0, 0.1) is 5.92 Å². The van der Waals surface area contributed by atoms with Gasteiger partial charge in [0.15, 0.2) is 0 Å². The van der Waals surface area contributed by atoms with Crippen LogP contribution in [-0.4, -0.2) is 54.4 Å². The van der Waals surface area contributed by atoms with Crippen LogP contribution in [0.5, 0.6) is 0 Å². The number of hydrogen-bond acceptors (Lipinski definition) is 3. The van der Waals surface area contributed by atoms with E-state index in [9.17, 15) is 9.59 Å². The molecule has 102 valence electrons. The molecule has 0 radical (unpaired) electrons. The molecular formula is C12H20N2O4. The molecule has 0 saturated carbocycles. The van der Waals surface area contributed by atoms with Crippen molar-refractivity contribution in [1.82, 2.24) is 10.2 Å². The number of hydrogen-bond donors (Lipinski definition) is 2. The number of carbonyl (C=O) groups is 2. The molecule has 0 aromatic rings. The van der Waals surface area contributed by atoms with Crippen LogP contribution >= 0.6 is 0 Å². The molecular weight excluding hydrogens is 236 g/mol. The zero-order valence-corrected chi connectivity index (χ0v) is 10.4. The topological polar surface area (TPSA) is 78.9 Å². The van der Waals surface area contributed by atoms with E-state index in [-0.39, 0.29) is 6.03 Å². The van der Waals surface area contributed by atoms with E-state index < -0.39 is 12.0 Å². The third kappa shape index (κ3) is 3.13. The summed E-state index contributed by atoms with van der Waals surface area (Å²) < 4.78 is 5.26. The lowest BCUT2D eigenvalue weighted by molar-refractivity contribution is -0.141. The van der Waals surface area contributed by atoms with E-state index in [1.165, 1.54) is 4.90 Å². The zero-order chi connectivity index (χ0) is 13.0. The smallest absolute Gasteiger partial charge is 0.326 e. The standard InChI is InChI=1S/C12H20N2O4/c15-11(16)10-2-1-6-14(10)12(17)13-5-3-9-4-7-18-8-9/h9-10H,1-8H2,(H,13,17)(H,15,16)/t9?,10-/m1/s1. The van der Waals surface area contributed by atoms with E-state index in [0.29, 0.717) is 25.4 Å². The van der Waals surface area contributed by atoms with Gasteiger partial charge >= 0.3 is 12.0 Å². The van der Waals surface area contributed by atoms with Crippen molar-refractivity contribution in [1.29, 1.82) is 0 Å². The first-order valence-electron chi connectivity index (χ1n) is 6.53. The van der Waals surface area contributed by atoms with E-state index in [0.717, 1.165) is 32.5 Å². The minimum atomic E-state index is -0.910. The van der Waals surface area contributed by atoms with Crippen molar-refractivity contribution in [2.75, 3.05) is 26.3 Å². The quantitative estimate of drug-likeness (QED) is 0.775. The molecule has 18 heavy (non-hydrogen) atoms. The maximum Gasteiger partial charge on any atom is 0.326 e. The van der Waals surface area contributed by atoms with E-state index in [1.807, 2.05) is 0 Å². The fourth-order valence-corrected chi connectivity index (χ4v) is 2.56. The Labute approximate surface area is 106 Å². The first-order chi connectivity index (χ1) is 8.68. The summed E-state index contributed by atoms with van der Waals surface area (Å²) >= 11 is 0. The Kier molecular flexibility index (Phi) is 4.41. The number of likely N-dealkylation sites (tertiary alicyclic amines) is 1. The molecule has 1 unspecified atom stereocenters. The number of aliphatic carboxylic acids is 1. The second-order valence-corrected chi connectivity index (χ2v) is 4.94. The van der Waals surface area contributed by atoms with Crippen LogP contribution in [0.25, 0.3) is 0 Å². The monoisotopic (exact) mass is 256 g/mol. The Morgan fingerprint density at radius 2 is 2.22 bits per heavy atom. The molecule has 0 aromatic carbocycles. The van der Waals surface area contributed by atoms with Crippen molar-refractivity contribution in [3.05, 3.63) is 0 Å². The van der Waals surface area contributed by atoms with Crippen molar-refractivity contribution in [2.45, 2.75) is 31.7 Å². The SMILES string of the molecule is O=C(O)[C@H]1CCCN1C(=O)NCCC1CCOC1. The Morgan fingerprint density at radius 1 is 1.39 bits per heavy atom. The molecule has 0 bridgehead atoms. The lowest BCUT2D eigenvalue weighted by Crippen LogP contribution is -2.46. The molecule has 6 heteroatoms.